The summed E-state index contributed by atoms with van der Waals surface area (Å²) in [6.45, 7) is 2.74. The van der Waals surface area contributed by atoms with Gasteiger partial charge in [-0.05, 0) is 24.3 Å². The smallest absolute Gasteiger partial charge is 0.276 e. The molecule has 1 aliphatic rings. The molecule has 122 valence electrons. The molecule has 0 unspecified atom stereocenters. The second kappa shape index (κ2) is 6.13. The number of piperazine rings is 1. The quantitative estimate of drug-likeness (QED) is 0.718. The highest BCUT2D eigenvalue weighted by Gasteiger charge is 2.27. The molecule has 1 saturated heterocycles. The van der Waals surface area contributed by atoms with Crippen molar-refractivity contribution in [3.05, 3.63) is 59.5 Å². The molecule has 4 rings (SSSR count). The summed E-state index contributed by atoms with van der Waals surface area (Å²) in [5, 5.41) is 4.74. The maximum atomic E-state index is 12.8. The van der Waals surface area contributed by atoms with Crippen LogP contribution in [0.2, 0.25) is 5.02 Å². The maximum Gasteiger partial charge on any atom is 0.276 e. The summed E-state index contributed by atoms with van der Waals surface area (Å²) in [5.74, 6) is 0.819. The number of amides is 1. The molecule has 0 bridgehead atoms. The minimum absolute atomic E-state index is 0.121. The molecule has 0 aromatic carbocycles. The number of carbonyl (C=O) groups excluding carboxylic acids is 1. The van der Waals surface area contributed by atoms with Gasteiger partial charge in [-0.15, -0.1) is 0 Å². The van der Waals surface area contributed by atoms with E-state index in [4.69, 9.17) is 11.6 Å². The zero-order valence-corrected chi connectivity index (χ0v) is 13.7. The molecule has 1 amide bonds. The van der Waals surface area contributed by atoms with Crippen molar-refractivity contribution in [2.75, 3.05) is 31.1 Å². The van der Waals surface area contributed by atoms with E-state index in [1.807, 2.05) is 36.4 Å². The topological polar surface area (TPSA) is 53.7 Å². The Kier molecular flexibility index (Phi) is 3.82. The molecule has 3 aromatic rings. The van der Waals surface area contributed by atoms with Gasteiger partial charge in [0.05, 0.1) is 10.5 Å². The Bertz CT molecular complexity index is 871. The van der Waals surface area contributed by atoms with Crippen LogP contribution in [-0.4, -0.2) is 51.6 Å². The number of halogens is 1. The molecule has 0 N–H and O–H groups in total. The number of carbonyl (C=O) groups is 1. The van der Waals surface area contributed by atoms with Crippen LogP contribution in [0.5, 0.6) is 0 Å². The first-order valence-corrected chi connectivity index (χ1v) is 8.20. The van der Waals surface area contributed by atoms with E-state index < -0.39 is 0 Å². The number of aromatic nitrogens is 3. The lowest BCUT2D eigenvalue weighted by molar-refractivity contribution is 0.0740. The molecule has 0 saturated carbocycles. The summed E-state index contributed by atoms with van der Waals surface area (Å²) in [5.41, 5.74) is 1.06. The van der Waals surface area contributed by atoms with Crippen molar-refractivity contribution >= 4 is 28.8 Å². The summed E-state index contributed by atoms with van der Waals surface area (Å²) in [6, 6.07) is 11.4. The van der Waals surface area contributed by atoms with E-state index >= 15 is 0 Å². The molecular formula is C17H16ClN5O. The largest absolute Gasteiger partial charge is 0.353 e. The van der Waals surface area contributed by atoms with Crippen LogP contribution in [0.3, 0.4) is 0 Å². The van der Waals surface area contributed by atoms with Crippen molar-refractivity contribution in [1.82, 2.24) is 19.5 Å². The van der Waals surface area contributed by atoms with E-state index in [0.717, 1.165) is 24.4 Å². The highest BCUT2D eigenvalue weighted by molar-refractivity contribution is 6.36. The predicted molar refractivity (Wildman–Crippen MR) is 92.6 cm³/mol. The number of hydrogen-bond acceptors (Lipinski definition) is 4. The fraction of sp³-hybridized carbons (Fsp3) is 0.235. The SMILES string of the molecule is O=C(c1nn2ccccc2c1Cl)N1CCN(c2ccccn2)CC1. The first-order valence-electron chi connectivity index (χ1n) is 7.82. The Labute approximate surface area is 144 Å². The summed E-state index contributed by atoms with van der Waals surface area (Å²) < 4.78 is 1.64. The van der Waals surface area contributed by atoms with Gasteiger partial charge in [-0.25, -0.2) is 9.50 Å². The second-order valence-electron chi connectivity index (χ2n) is 5.66. The molecule has 0 spiro atoms. The predicted octanol–water partition coefficient (Wildman–Crippen LogP) is 2.35. The van der Waals surface area contributed by atoms with Gasteiger partial charge in [-0.1, -0.05) is 23.7 Å². The van der Waals surface area contributed by atoms with Crippen molar-refractivity contribution in [3.8, 4) is 0 Å². The zero-order valence-electron chi connectivity index (χ0n) is 13.0. The Morgan fingerprint density at radius 2 is 1.83 bits per heavy atom. The van der Waals surface area contributed by atoms with Crippen molar-refractivity contribution in [3.63, 3.8) is 0 Å². The Hall–Kier alpha value is -2.60. The molecular weight excluding hydrogens is 326 g/mol. The van der Waals surface area contributed by atoms with Gasteiger partial charge in [0.1, 0.15) is 5.82 Å². The highest BCUT2D eigenvalue weighted by atomic mass is 35.5. The molecule has 4 heterocycles. The Morgan fingerprint density at radius 1 is 1.04 bits per heavy atom. The molecule has 6 nitrogen and oxygen atoms in total. The Morgan fingerprint density at radius 3 is 2.54 bits per heavy atom. The Balaban J connectivity index is 1.51. The molecule has 24 heavy (non-hydrogen) atoms. The summed E-state index contributed by atoms with van der Waals surface area (Å²) in [7, 11) is 0. The lowest BCUT2D eigenvalue weighted by atomic mass is 10.2. The summed E-state index contributed by atoms with van der Waals surface area (Å²) in [6.07, 6.45) is 3.57. The average Bonchev–Trinajstić information content (AvgIpc) is 2.99. The third-order valence-corrected chi connectivity index (χ3v) is 4.60. The van der Waals surface area contributed by atoms with E-state index in [-0.39, 0.29) is 5.91 Å². The van der Waals surface area contributed by atoms with Crippen LogP contribution in [-0.2, 0) is 0 Å². The van der Waals surface area contributed by atoms with Crippen LogP contribution in [0.4, 0.5) is 5.82 Å². The maximum absolute atomic E-state index is 12.8. The molecule has 3 aromatic heterocycles. The standard InChI is InChI=1S/C17H16ClN5O/c18-15-13-5-2-4-8-23(13)20-16(15)17(24)22-11-9-21(10-12-22)14-6-1-3-7-19-14/h1-8H,9-12H2. The summed E-state index contributed by atoms with van der Waals surface area (Å²) >= 11 is 6.34. The number of rotatable bonds is 2. The van der Waals surface area contributed by atoms with Gasteiger partial charge in [0.15, 0.2) is 5.69 Å². The molecule has 1 fully saturated rings. The monoisotopic (exact) mass is 341 g/mol. The van der Waals surface area contributed by atoms with Crippen LogP contribution >= 0.6 is 11.6 Å². The number of pyridine rings is 2. The lowest BCUT2D eigenvalue weighted by Gasteiger charge is -2.35. The lowest BCUT2D eigenvalue weighted by Crippen LogP contribution is -2.49. The van der Waals surface area contributed by atoms with Gasteiger partial charge in [0.25, 0.3) is 5.91 Å². The van der Waals surface area contributed by atoms with Crippen LogP contribution in [0.25, 0.3) is 5.52 Å². The van der Waals surface area contributed by atoms with Crippen LogP contribution in [0.1, 0.15) is 10.5 Å². The fourth-order valence-electron chi connectivity index (χ4n) is 2.93. The molecule has 0 aliphatic carbocycles. The molecule has 7 heteroatoms. The number of hydrogen-bond donors (Lipinski definition) is 0. The average molecular weight is 342 g/mol. The van der Waals surface area contributed by atoms with E-state index in [1.54, 1.807) is 21.8 Å². The zero-order chi connectivity index (χ0) is 16.5. The van der Waals surface area contributed by atoms with Crippen LogP contribution in [0.15, 0.2) is 48.8 Å². The highest BCUT2D eigenvalue weighted by Crippen LogP contribution is 2.23. The first kappa shape index (κ1) is 15.0. The van der Waals surface area contributed by atoms with Gasteiger partial charge in [0.2, 0.25) is 0 Å². The van der Waals surface area contributed by atoms with Crippen molar-refractivity contribution < 1.29 is 4.79 Å². The number of anilines is 1. The summed E-state index contributed by atoms with van der Waals surface area (Å²) in [4.78, 5) is 21.1. The van der Waals surface area contributed by atoms with Crippen LogP contribution < -0.4 is 4.90 Å². The van der Waals surface area contributed by atoms with Crippen molar-refractivity contribution in [2.24, 2.45) is 0 Å². The second-order valence-corrected chi connectivity index (χ2v) is 6.04. The molecule has 0 radical (unpaired) electrons. The minimum Gasteiger partial charge on any atom is -0.353 e. The van der Waals surface area contributed by atoms with Gasteiger partial charge < -0.3 is 9.80 Å². The third kappa shape index (κ3) is 2.59. The van der Waals surface area contributed by atoms with Crippen LogP contribution in [0, 0.1) is 0 Å². The van der Waals surface area contributed by atoms with E-state index in [9.17, 15) is 4.79 Å². The van der Waals surface area contributed by atoms with Gasteiger partial charge in [-0.2, -0.15) is 5.10 Å². The van der Waals surface area contributed by atoms with Gasteiger partial charge in [0, 0.05) is 38.6 Å². The first-order chi connectivity index (χ1) is 11.7. The van der Waals surface area contributed by atoms with Crippen molar-refractivity contribution in [1.29, 1.82) is 0 Å². The third-order valence-electron chi connectivity index (χ3n) is 4.22. The van der Waals surface area contributed by atoms with Gasteiger partial charge in [-0.3, -0.25) is 4.79 Å². The number of nitrogens with zero attached hydrogens (tertiary/aromatic N) is 5. The van der Waals surface area contributed by atoms with E-state index in [0.29, 0.717) is 23.8 Å². The van der Waals surface area contributed by atoms with E-state index in [1.165, 1.54) is 0 Å². The van der Waals surface area contributed by atoms with E-state index in [2.05, 4.69) is 15.0 Å². The van der Waals surface area contributed by atoms with Crippen molar-refractivity contribution in [2.45, 2.75) is 0 Å². The van der Waals surface area contributed by atoms with Gasteiger partial charge >= 0.3 is 0 Å². The molecule has 1 aliphatic heterocycles. The molecule has 0 atom stereocenters. The normalized spacial score (nSPS) is 15.0. The fourth-order valence-corrected chi connectivity index (χ4v) is 3.20. The minimum atomic E-state index is -0.121. The number of fused-ring (bicyclic) bond motifs is 1.